The summed E-state index contributed by atoms with van der Waals surface area (Å²) in [5.74, 6) is -3.82. The number of benzene rings is 1. The molecule has 7 nitrogen and oxygen atoms in total. The zero-order valence-electron chi connectivity index (χ0n) is 19.5. The van der Waals surface area contributed by atoms with Crippen molar-refractivity contribution in [3.05, 3.63) is 72.7 Å². The number of alkyl halides is 5. The molecule has 1 aromatic carbocycles. The van der Waals surface area contributed by atoms with Crippen LogP contribution in [0, 0.1) is 0 Å². The molecule has 4 aromatic rings. The Bertz CT molecular complexity index is 1420. The van der Waals surface area contributed by atoms with E-state index in [1.807, 2.05) is 29.2 Å². The molecule has 0 spiro atoms. The number of likely N-dealkylation sites (tertiary alicyclic amines) is 1. The molecule has 4 heterocycles. The Morgan fingerprint density at radius 2 is 1.76 bits per heavy atom. The summed E-state index contributed by atoms with van der Waals surface area (Å²) < 4.78 is 65.1. The number of aromatic amines is 1. The van der Waals surface area contributed by atoms with Crippen LogP contribution >= 0.6 is 0 Å². The largest absolute Gasteiger partial charge is 0.451 e. The average molecular weight is 515 g/mol. The van der Waals surface area contributed by atoms with E-state index in [-0.39, 0.29) is 18.5 Å². The second-order valence-corrected chi connectivity index (χ2v) is 8.94. The lowest BCUT2D eigenvalue weighted by Crippen LogP contribution is -2.38. The molecule has 37 heavy (non-hydrogen) atoms. The van der Waals surface area contributed by atoms with Gasteiger partial charge in [-0.15, -0.1) is 0 Å². The molecule has 1 fully saturated rings. The summed E-state index contributed by atoms with van der Waals surface area (Å²) in [6, 6.07) is 7.65. The summed E-state index contributed by atoms with van der Waals surface area (Å²) in [6.07, 6.45) is 0.604. The van der Waals surface area contributed by atoms with Crippen LogP contribution in [0.25, 0.3) is 27.7 Å². The van der Waals surface area contributed by atoms with Crippen LogP contribution in [0.2, 0.25) is 0 Å². The average Bonchev–Trinajstić information content (AvgIpc) is 3.29. The predicted octanol–water partition coefficient (Wildman–Crippen LogP) is 5.75. The van der Waals surface area contributed by atoms with Crippen molar-refractivity contribution >= 4 is 22.3 Å². The first-order valence-electron chi connectivity index (χ1n) is 11.5. The number of rotatable bonds is 6. The number of halogens is 5. The summed E-state index contributed by atoms with van der Waals surface area (Å²) >= 11 is 0. The molecular formula is C25H22F5N7. The highest BCUT2D eigenvalue weighted by Gasteiger charge is 2.35. The zero-order chi connectivity index (χ0) is 26.2. The van der Waals surface area contributed by atoms with Gasteiger partial charge in [0.1, 0.15) is 5.69 Å². The molecule has 0 saturated carbocycles. The monoisotopic (exact) mass is 515 g/mol. The van der Waals surface area contributed by atoms with Crippen molar-refractivity contribution in [1.29, 1.82) is 0 Å². The van der Waals surface area contributed by atoms with Gasteiger partial charge in [-0.05, 0) is 29.3 Å². The second-order valence-electron chi connectivity index (χ2n) is 8.94. The standard InChI is InChI=1S/C25H22F5N7/c1-15(34-19-12-32-23(33-13-19)25(28,29)30)22-20-9-17(2-3-21(20)35-36-22)18-8-16(10-31-11-18)14-37-6-4-24(26,27)5-7-37/h2-3,8-13,34H,1,4-7,14H2,(H,35,36). The number of nitrogens with one attached hydrogen (secondary N) is 2. The van der Waals surface area contributed by atoms with Gasteiger partial charge in [0.15, 0.2) is 0 Å². The Balaban J connectivity index is 1.34. The Morgan fingerprint density at radius 3 is 2.46 bits per heavy atom. The third-order valence-corrected chi connectivity index (χ3v) is 6.17. The van der Waals surface area contributed by atoms with E-state index in [4.69, 9.17) is 0 Å². The highest BCUT2D eigenvalue weighted by atomic mass is 19.4. The van der Waals surface area contributed by atoms with Gasteiger partial charge in [-0.25, -0.2) is 18.7 Å². The van der Waals surface area contributed by atoms with E-state index in [9.17, 15) is 22.0 Å². The van der Waals surface area contributed by atoms with Crippen molar-refractivity contribution in [3.8, 4) is 11.1 Å². The molecule has 2 N–H and O–H groups in total. The Morgan fingerprint density at radius 1 is 1.03 bits per heavy atom. The third kappa shape index (κ3) is 5.58. The SMILES string of the molecule is C=C(Nc1cnc(C(F)(F)F)nc1)c1n[nH]c2ccc(-c3cncc(CN4CCC(F)(F)CC4)c3)cc12. The third-order valence-electron chi connectivity index (χ3n) is 6.17. The minimum absolute atomic E-state index is 0.142. The van der Waals surface area contributed by atoms with Crippen molar-refractivity contribution < 1.29 is 22.0 Å². The highest BCUT2D eigenvalue weighted by molar-refractivity contribution is 5.94. The van der Waals surface area contributed by atoms with E-state index in [0.717, 1.165) is 40.0 Å². The molecule has 0 aliphatic carbocycles. The Hall–Kier alpha value is -3.93. The number of H-pyrrole nitrogens is 1. The lowest BCUT2D eigenvalue weighted by molar-refractivity contribution is -0.144. The maximum absolute atomic E-state index is 13.5. The number of hydrogen-bond acceptors (Lipinski definition) is 6. The van der Waals surface area contributed by atoms with Gasteiger partial charge in [0, 0.05) is 55.8 Å². The molecule has 1 saturated heterocycles. The lowest BCUT2D eigenvalue weighted by atomic mass is 10.0. The Kier molecular flexibility index (Phi) is 6.36. The minimum Gasteiger partial charge on any atom is -0.352 e. The van der Waals surface area contributed by atoms with E-state index in [1.54, 1.807) is 12.4 Å². The normalized spacial score (nSPS) is 16.1. The van der Waals surface area contributed by atoms with Crippen molar-refractivity contribution in [2.45, 2.75) is 31.5 Å². The fourth-order valence-electron chi connectivity index (χ4n) is 4.22. The maximum atomic E-state index is 13.5. The molecule has 0 bridgehead atoms. The van der Waals surface area contributed by atoms with E-state index in [0.29, 0.717) is 31.0 Å². The van der Waals surface area contributed by atoms with Gasteiger partial charge < -0.3 is 5.32 Å². The summed E-state index contributed by atoms with van der Waals surface area (Å²) in [5.41, 5.74) is 4.43. The van der Waals surface area contributed by atoms with Gasteiger partial charge in [-0.1, -0.05) is 12.6 Å². The maximum Gasteiger partial charge on any atom is 0.451 e. The van der Waals surface area contributed by atoms with Gasteiger partial charge in [0.25, 0.3) is 5.92 Å². The number of hydrogen-bond donors (Lipinski definition) is 2. The smallest absolute Gasteiger partial charge is 0.352 e. The van der Waals surface area contributed by atoms with Crippen LogP contribution in [0.15, 0.2) is 55.6 Å². The zero-order valence-corrected chi connectivity index (χ0v) is 19.5. The van der Waals surface area contributed by atoms with Crippen LogP contribution in [0.1, 0.15) is 29.9 Å². The van der Waals surface area contributed by atoms with E-state index in [2.05, 4.69) is 37.0 Å². The number of fused-ring (bicyclic) bond motifs is 1. The molecule has 0 atom stereocenters. The Labute approximate surface area is 208 Å². The van der Waals surface area contributed by atoms with Gasteiger partial charge in [-0.3, -0.25) is 15.0 Å². The number of pyridine rings is 1. The molecule has 192 valence electrons. The summed E-state index contributed by atoms with van der Waals surface area (Å²) in [6.45, 7) is 5.16. The number of piperidine rings is 1. The van der Waals surface area contributed by atoms with Crippen LogP contribution in [-0.2, 0) is 12.7 Å². The van der Waals surface area contributed by atoms with Crippen molar-refractivity contribution in [2.75, 3.05) is 18.4 Å². The van der Waals surface area contributed by atoms with Crippen LogP contribution in [0.4, 0.5) is 27.6 Å². The lowest BCUT2D eigenvalue weighted by Gasteiger charge is -2.31. The van der Waals surface area contributed by atoms with Gasteiger partial charge >= 0.3 is 6.18 Å². The van der Waals surface area contributed by atoms with E-state index < -0.39 is 17.9 Å². The minimum atomic E-state index is -4.63. The van der Waals surface area contributed by atoms with Crippen molar-refractivity contribution in [2.24, 2.45) is 0 Å². The van der Waals surface area contributed by atoms with Crippen molar-refractivity contribution in [3.63, 3.8) is 0 Å². The molecule has 12 heteroatoms. The quantitative estimate of drug-likeness (QED) is 0.319. The molecule has 0 unspecified atom stereocenters. The van der Waals surface area contributed by atoms with Gasteiger partial charge in [0.05, 0.1) is 29.3 Å². The first-order chi connectivity index (χ1) is 17.6. The first-order valence-corrected chi connectivity index (χ1v) is 11.5. The van der Waals surface area contributed by atoms with Crippen LogP contribution < -0.4 is 5.32 Å². The van der Waals surface area contributed by atoms with Crippen LogP contribution in [-0.4, -0.2) is 49.1 Å². The summed E-state index contributed by atoms with van der Waals surface area (Å²) in [4.78, 5) is 13.0. The number of aromatic nitrogens is 5. The van der Waals surface area contributed by atoms with Crippen LogP contribution in [0.5, 0.6) is 0 Å². The molecular weight excluding hydrogens is 493 g/mol. The number of anilines is 1. The molecule has 1 aliphatic heterocycles. The van der Waals surface area contributed by atoms with Gasteiger partial charge in [-0.2, -0.15) is 18.3 Å². The first kappa shape index (κ1) is 24.8. The molecule has 1 aliphatic rings. The predicted molar refractivity (Wildman–Crippen MR) is 128 cm³/mol. The van der Waals surface area contributed by atoms with E-state index >= 15 is 0 Å². The molecule has 0 amide bonds. The topological polar surface area (TPSA) is 82.6 Å². The summed E-state index contributed by atoms with van der Waals surface area (Å²) in [7, 11) is 0. The molecule has 0 radical (unpaired) electrons. The second kappa shape index (κ2) is 9.51. The highest BCUT2D eigenvalue weighted by Crippen LogP contribution is 2.31. The fraction of sp³-hybridized carbons (Fsp3) is 0.280. The van der Waals surface area contributed by atoms with E-state index in [1.165, 1.54) is 0 Å². The van der Waals surface area contributed by atoms with Crippen molar-refractivity contribution in [1.82, 2.24) is 30.0 Å². The van der Waals surface area contributed by atoms with Crippen LogP contribution in [0.3, 0.4) is 0 Å². The summed E-state index contributed by atoms with van der Waals surface area (Å²) in [5, 5.41) is 10.9. The molecule has 3 aromatic heterocycles. The van der Waals surface area contributed by atoms with Gasteiger partial charge in [0.2, 0.25) is 5.82 Å². The number of nitrogens with zero attached hydrogens (tertiary/aromatic N) is 5. The molecule has 5 rings (SSSR count). The fourth-order valence-corrected chi connectivity index (χ4v) is 4.22.